The average molecular weight is 386 g/mol. The summed E-state index contributed by atoms with van der Waals surface area (Å²) in [5, 5.41) is 5.95. The van der Waals surface area contributed by atoms with Crippen molar-refractivity contribution in [2.24, 2.45) is 11.3 Å². The van der Waals surface area contributed by atoms with E-state index in [0.717, 1.165) is 25.3 Å². The van der Waals surface area contributed by atoms with Crippen molar-refractivity contribution in [1.82, 2.24) is 15.6 Å². The maximum atomic E-state index is 14.3. The minimum absolute atomic E-state index is 0. The molecule has 26 heavy (non-hydrogen) atoms. The van der Waals surface area contributed by atoms with Crippen molar-refractivity contribution in [2.45, 2.75) is 44.7 Å². The Morgan fingerprint density at radius 3 is 2.77 bits per heavy atom. The number of hydrogen-bond donors (Lipinski definition) is 2. The first-order chi connectivity index (χ1) is 12.1. The third kappa shape index (κ3) is 3.60. The molecule has 1 saturated heterocycles. The van der Waals surface area contributed by atoms with E-state index < -0.39 is 5.82 Å². The molecule has 1 atom stereocenters. The fourth-order valence-corrected chi connectivity index (χ4v) is 4.17. The van der Waals surface area contributed by atoms with Gasteiger partial charge in [-0.3, -0.25) is 4.79 Å². The Morgan fingerprint density at radius 2 is 2.19 bits per heavy atom. The van der Waals surface area contributed by atoms with Crippen molar-refractivity contribution in [1.29, 1.82) is 0 Å². The fourth-order valence-electron chi connectivity index (χ4n) is 4.17. The number of carbonyl (C=O) groups is 1. The number of ether oxygens (including phenoxy) is 2. The van der Waals surface area contributed by atoms with Gasteiger partial charge >= 0.3 is 0 Å². The van der Waals surface area contributed by atoms with E-state index >= 15 is 0 Å². The van der Waals surface area contributed by atoms with Crippen LogP contribution in [0.4, 0.5) is 4.39 Å². The first-order valence-corrected chi connectivity index (χ1v) is 8.96. The summed E-state index contributed by atoms with van der Waals surface area (Å²) in [6, 6.07) is 1.17. The standard InChI is InChI=1S/C18H24FN3O3.ClH/c1-24-16-12(9-21-15(23)14-3-2-4-20-14)5-13(19)17(22-16)25-10-18-6-11(7-18)8-18;/h5,11,14,20H,2-4,6-10H2,1H3,(H,21,23);1H. The number of rotatable bonds is 7. The summed E-state index contributed by atoms with van der Waals surface area (Å²) in [5.41, 5.74) is 0.761. The summed E-state index contributed by atoms with van der Waals surface area (Å²) in [4.78, 5) is 16.2. The van der Waals surface area contributed by atoms with Gasteiger partial charge in [0.2, 0.25) is 11.8 Å². The zero-order chi connectivity index (χ0) is 17.4. The predicted octanol–water partition coefficient (Wildman–Crippen LogP) is 2.20. The second-order valence-corrected chi connectivity index (χ2v) is 7.58. The Kier molecular flexibility index (Phi) is 5.58. The second kappa shape index (κ2) is 7.56. The van der Waals surface area contributed by atoms with Crippen molar-refractivity contribution in [3.8, 4) is 11.8 Å². The maximum Gasteiger partial charge on any atom is 0.253 e. The van der Waals surface area contributed by atoms with Crippen LogP contribution in [0, 0.1) is 17.2 Å². The van der Waals surface area contributed by atoms with Crippen LogP contribution in [-0.2, 0) is 11.3 Å². The normalized spacial score (nSPS) is 28.4. The molecule has 4 fully saturated rings. The highest BCUT2D eigenvalue weighted by molar-refractivity contribution is 5.85. The van der Waals surface area contributed by atoms with E-state index in [-0.39, 0.29) is 48.1 Å². The van der Waals surface area contributed by atoms with Crippen molar-refractivity contribution in [3.63, 3.8) is 0 Å². The number of aromatic nitrogens is 1. The number of halogens is 2. The minimum Gasteiger partial charge on any atom is -0.481 e. The zero-order valence-electron chi connectivity index (χ0n) is 14.8. The van der Waals surface area contributed by atoms with Crippen molar-refractivity contribution >= 4 is 18.3 Å². The minimum atomic E-state index is -0.518. The highest BCUT2D eigenvalue weighted by Gasteiger charge is 2.57. The molecule has 1 amide bonds. The van der Waals surface area contributed by atoms with Crippen LogP contribution in [0.5, 0.6) is 11.8 Å². The number of methoxy groups -OCH3 is 1. The van der Waals surface area contributed by atoms with Gasteiger partial charge in [-0.15, -0.1) is 12.4 Å². The lowest BCUT2D eigenvalue weighted by Crippen LogP contribution is -2.55. The molecule has 6 nitrogen and oxygen atoms in total. The topological polar surface area (TPSA) is 72.5 Å². The van der Waals surface area contributed by atoms with Crippen molar-refractivity contribution in [2.75, 3.05) is 20.3 Å². The van der Waals surface area contributed by atoms with Crippen LogP contribution < -0.4 is 20.1 Å². The molecule has 3 saturated carbocycles. The summed E-state index contributed by atoms with van der Waals surface area (Å²) in [7, 11) is 1.48. The van der Waals surface area contributed by atoms with Gasteiger partial charge in [-0.1, -0.05) is 0 Å². The Morgan fingerprint density at radius 1 is 1.42 bits per heavy atom. The van der Waals surface area contributed by atoms with Crippen LogP contribution in [0.25, 0.3) is 0 Å². The van der Waals surface area contributed by atoms with Gasteiger partial charge in [-0.25, -0.2) is 4.39 Å². The molecular weight excluding hydrogens is 361 g/mol. The Bertz CT molecular complexity index is 665. The smallest absolute Gasteiger partial charge is 0.253 e. The van der Waals surface area contributed by atoms with Crippen LogP contribution in [0.2, 0.25) is 0 Å². The molecule has 0 spiro atoms. The first-order valence-electron chi connectivity index (χ1n) is 8.96. The van der Waals surface area contributed by atoms with Crippen LogP contribution in [0.3, 0.4) is 0 Å². The lowest BCUT2D eigenvalue weighted by Gasteiger charge is -2.61. The number of amides is 1. The summed E-state index contributed by atoms with van der Waals surface area (Å²) >= 11 is 0. The lowest BCUT2D eigenvalue weighted by molar-refractivity contribution is -0.133. The molecule has 1 aliphatic heterocycles. The quantitative estimate of drug-likeness (QED) is 0.752. The van der Waals surface area contributed by atoms with E-state index in [4.69, 9.17) is 9.47 Å². The van der Waals surface area contributed by atoms with Crippen molar-refractivity contribution in [3.05, 3.63) is 17.4 Å². The van der Waals surface area contributed by atoms with E-state index in [1.807, 2.05) is 0 Å². The highest BCUT2D eigenvalue weighted by atomic mass is 35.5. The van der Waals surface area contributed by atoms with Gasteiger partial charge in [0.25, 0.3) is 5.88 Å². The largest absolute Gasteiger partial charge is 0.481 e. The monoisotopic (exact) mass is 385 g/mol. The van der Waals surface area contributed by atoms with E-state index in [9.17, 15) is 9.18 Å². The molecule has 5 rings (SSSR count). The van der Waals surface area contributed by atoms with Gasteiger partial charge in [-0.2, -0.15) is 4.98 Å². The summed E-state index contributed by atoms with van der Waals surface area (Å²) in [6.07, 6.45) is 5.37. The van der Waals surface area contributed by atoms with Gasteiger partial charge in [0, 0.05) is 17.5 Å². The molecule has 1 aromatic rings. The number of hydrogen-bond acceptors (Lipinski definition) is 5. The number of nitrogens with one attached hydrogen (secondary N) is 2. The predicted molar refractivity (Wildman–Crippen MR) is 96.1 cm³/mol. The van der Waals surface area contributed by atoms with Gasteiger partial charge < -0.3 is 20.1 Å². The lowest BCUT2D eigenvalue weighted by atomic mass is 9.45. The van der Waals surface area contributed by atoms with Crippen LogP contribution >= 0.6 is 12.4 Å². The summed E-state index contributed by atoms with van der Waals surface area (Å²) in [6.45, 7) is 1.54. The molecule has 4 aliphatic rings. The number of pyridine rings is 1. The van der Waals surface area contributed by atoms with E-state index in [0.29, 0.717) is 12.2 Å². The molecule has 1 unspecified atom stereocenters. The Hall–Kier alpha value is -1.60. The van der Waals surface area contributed by atoms with Crippen molar-refractivity contribution < 1.29 is 18.7 Å². The van der Waals surface area contributed by atoms with Crippen LogP contribution in [0.1, 0.15) is 37.7 Å². The molecule has 0 aromatic carbocycles. The van der Waals surface area contributed by atoms with E-state index in [1.54, 1.807) is 0 Å². The molecule has 2 heterocycles. The molecule has 0 radical (unpaired) electrons. The Balaban J connectivity index is 0.00000196. The fraction of sp³-hybridized carbons (Fsp3) is 0.667. The molecule has 144 valence electrons. The number of nitrogens with zero attached hydrogens (tertiary/aromatic N) is 1. The Labute approximate surface area is 158 Å². The molecule has 3 aliphatic carbocycles. The molecular formula is C18H25ClFN3O3. The molecule has 2 N–H and O–H groups in total. The van der Waals surface area contributed by atoms with E-state index in [1.165, 1.54) is 32.4 Å². The summed E-state index contributed by atoms with van der Waals surface area (Å²) in [5.74, 6) is 0.527. The molecule has 2 bridgehead atoms. The summed E-state index contributed by atoms with van der Waals surface area (Å²) < 4.78 is 25.2. The average Bonchev–Trinajstić information content (AvgIpc) is 3.06. The molecule has 1 aromatic heterocycles. The molecule has 8 heteroatoms. The first kappa shape index (κ1) is 19.2. The van der Waals surface area contributed by atoms with Crippen LogP contribution in [0.15, 0.2) is 6.07 Å². The maximum absolute atomic E-state index is 14.3. The highest BCUT2D eigenvalue weighted by Crippen LogP contribution is 2.64. The van der Waals surface area contributed by atoms with Crippen LogP contribution in [-0.4, -0.2) is 37.2 Å². The zero-order valence-corrected chi connectivity index (χ0v) is 15.7. The number of carbonyl (C=O) groups excluding carboxylic acids is 1. The third-order valence-electron chi connectivity index (χ3n) is 5.69. The van der Waals surface area contributed by atoms with E-state index in [2.05, 4.69) is 15.6 Å². The van der Waals surface area contributed by atoms with Gasteiger partial charge in [0.15, 0.2) is 5.82 Å². The van der Waals surface area contributed by atoms with Gasteiger partial charge in [-0.05, 0) is 50.6 Å². The second-order valence-electron chi connectivity index (χ2n) is 7.58. The van der Waals surface area contributed by atoms with Gasteiger partial charge in [0.05, 0.1) is 19.8 Å². The SMILES string of the molecule is COc1nc(OCC23CC(C2)C3)c(F)cc1CNC(=O)C1CCCN1.Cl. The van der Waals surface area contributed by atoms with Gasteiger partial charge in [0.1, 0.15) is 0 Å². The third-order valence-corrected chi connectivity index (χ3v) is 5.69.